The molecule has 0 radical (unpaired) electrons. The fraction of sp³-hybridized carbons (Fsp3) is 0.571. The van der Waals surface area contributed by atoms with Gasteiger partial charge in [-0.2, -0.15) is 0 Å². The van der Waals surface area contributed by atoms with E-state index >= 15 is 0 Å². The molecule has 0 amide bonds. The Hall–Kier alpha value is -0.380. The number of rotatable bonds is 4. The van der Waals surface area contributed by atoms with Crippen LogP contribution in [-0.4, -0.2) is 24.0 Å². The van der Waals surface area contributed by atoms with Gasteiger partial charge in [-0.05, 0) is 44.4 Å². The topological polar surface area (TPSA) is 29.3 Å². The molecule has 17 heavy (non-hydrogen) atoms. The molecular formula is C14H21BrN2. The van der Waals surface area contributed by atoms with Crippen molar-refractivity contribution in [2.24, 2.45) is 5.73 Å². The summed E-state index contributed by atoms with van der Waals surface area (Å²) in [5.74, 6) is 0. The highest BCUT2D eigenvalue weighted by atomic mass is 79.9. The number of halogens is 1. The molecule has 2 nitrogen and oxygen atoms in total. The molecule has 2 N–H and O–H groups in total. The van der Waals surface area contributed by atoms with Crippen molar-refractivity contribution in [1.29, 1.82) is 0 Å². The van der Waals surface area contributed by atoms with Crippen LogP contribution in [0.1, 0.15) is 37.8 Å². The summed E-state index contributed by atoms with van der Waals surface area (Å²) in [6.07, 6.45) is 3.71. The summed E-state index contributed by atoms with van der Waals surface area (Å²) in [5, 5.41) is 0. The Morgan fingerprint density at radius 3 is 2.88 bits per heavy atom. The molecule has 1 heterocycles. The normalized spacial score (nSPS) is 22.9. The molecule has 0 spiro atoms. The molecule has 2 unspecified atom stereocenters. The van der Waals surface area contributed by atoms with Gasteiger partial charge in [0.15, 0.2) is 0 Å². The summed E-state index contributed by atoms with van der Waals surface area (Å²) in [7, 11) is 0. The quantitative estimate of drug-likeness (QED) is 0.923. The second-order valence-corrected chi connectivity index (χ2v) is 5.80. The average Bonchev–Trinajstić information content (AvgIpc) is 2.72. The lowest BCUT2D eigenvalue weighted by molar-refractivity contribution is 0.258. The maximum absolute atomic E-state index is 6.26. The minimum atomic E-state index is 0.137. The average molecular weight is 297 g/mol. The summed E-state index contributed by atoms with van der Waals surface area (Å²) in [6, 6.07) is 9.14. The van der Waals surface area contributed by atoms with Gasteiger partial charge in [0.2, 0.25) is 0 Å². The first-order valence-corrected chi connectivity index (χ1v) is 7.22. The van der Waals surface area contributed by atoms with Gasteiger partial charge in [-0.3, -0.25) is 0 Å². The lowest BCUT2D eigenvalue weighted by Gasteiger charge is -2.23. The Balaban J connectivity index is 1.89. The lowest BCUT2D eigenvalue weighted by atomic mass is 10.0. The second-order valence-electron chi connectivity index (χ2n) is 4.94. The minimum Gasteiger partial charge on any atom is -0.324 e. The fourth-order valence-electron chi connectivity index (χ4n) is 2.56. The second kappa shape index (κ2) is 5.98. The van der Waals surface area contributed by atoms with Crippen molar-refractivity contribution in [3.05, 3.63) is 34.3 Å². The number of likely N-dealkylation sites (tertiary alicyclic amines) is 1. The molecule has 0 aromatic heterocycles. The van der Waals surface area contributed by atoms with Crippen LogP contribution in [0.15, 0.2) is 28.7 Å². The van der Waals surface area contributed by atoms with E-state index in [2.05, 4.69) is 46.0 Å². The van der Waals surface area contributed by atoms with E-state index in [9.17, 15) is 0 Å². The molecule has 2 atom stereocenters. The van der Waals surface area contributed by atoms with E-state index in [1.807, 2.05) is 6.07 Å². The molecule has 94 valence electrons. The molecule has 2 rings (SSSR count). The van der Waals surface area contributed by atoms with E-state index in [1.165, 1.54) is 24.9 Å². The van der Waals surface area contributed by atoms with E-state index in [0.29, 0.717) is 0 Å². The van der Waals surface area contributed by atoms with Crippen LogP contribution in [0.4, 0.5) is 0 Å². The van der Waals surface area contributed by atoms with Gasteiger partial charge < -0.3 is 10.6 Å². The van der Waals surface area contributed by atoms with Crippen LogP contribution in [0, 0.1) is 0 Å². The van der Waals surface area contributed by atoms with E-state index in [1.54, 1.807) is 0 Å². The summed E-state index contributed by atoms with van der Waals surface area (Å²) >= 11 is 3.57. The Morgan fingerprint density at radius 1 is 1.47 bits per heavy atom. The van der Waals surface area contributed by atoms with Crippen molar-refractivity contribution in [3.63, 3.8) is 0 Å². The molecule has 0 saturated carbocycles. The zero-order valence-electron chi connectivity index (χ0n) is 10.4. The summed E-state index contributed by atoms with van der Waals surface area (Å²) < 4.78 is 1.13. The Bertz CT molecular complexity index is 367. The molecule has 1 aromatic rings. The van der Waals surface area contributed by atoms with E-state index in [-0.39, 0.29) is 6.04 Å². The van der Waals surface area contributed by atoms with Gasteiger partial charge in [0.05, 0.1) is 0 Å². The minimum absolute atomic E-state index is 0.137. The van der Waals surface area contributed by atoms with Gasteiger partial charge in [-0.1, -0.05) is 34.1 Å². The van der Waals surface area contributed by atoms with E-state index in [4.69, 9.17) is 5.73 Å². The largest absolute Gasteiger partial charge is 0.324 e. The summed E-state index contributed by atoms with van der Waals surface area (Å²) in [4.78, 5) is 2.55. The van der Waals surface area contributed by atoms with Gasteiger partial charge in [0.1, 0.15) is 0 Å². The molecule has 0 bridgehead atoms. The molecule has 1 saturated heterocycles. The number of hydrogen-bond donors (Lipinski definition) is 1. The SMILES string of the molecule is CC1CCCN1CCC(N)c1ccccc1Br. The molecule has 1 aliphatic rings. The van der Waals surface area contributed by atoms with E-state index < -0.39 is 0 Å². The van der Waals surface area contributed by atoms with Crippen LogP contribution < -0.4 is 5.73 Å². The van der Waals surface area contributed by atoms with Crippen LogP contribution in [-0.2, 0) is 0 Å². The number of benzene rings is 1. The van der Waals surface area contributed by atoms with Gasteiger partial charge in [-0.25, -0.2) is 0 Å². The third-order valence-electron chi connectivity index (χ3n) is 3.72. The van der Waals surface area contributed by atoms with Crippen molar-refractivity contribution in [2.75, 3.05) is 13.1 Å². The highest BCUT2D eigenvalue weighted by Gasteiger charge is 2.20. The number of nitrogens with two attached hydrogens (primary N) is 1. The lowest BCUT2D eigenvalue weighted by Crippen LogP contribution is -2.30. The molecule has 1 fully saturated rings. The van der Waals surface area contributed by atoms with Crippen LogP contribution in [0.25, 0.3) is 0 Å². The maximum Gasteiger partial charge on any atom is 0.0318 e. The Kier molecular flexibility index (Phi) is 4.60. The summed E-state index contributed by atoms with van der Waals surface area (Å²) in [5.41, 5.74) is 7.48. The van der Waals surface area contributed by atoms with Crippen LogP contribution >= 0.6 is 15.9 Å². The van der Waals surface area contributed by atoms with Crippen molar-refractivity contribution in [2.45, 2.75) is 38.3 Å². The first kappa shape index (κ1) is 13.1. The Labute approximate surface area is 112 Å². The molecule has 3 heteroatoms. The van der Waals surface area contributed by atoms with Crippen LogP contribution in [0.3, 0.4) is 0 Å². The van der Waals surface area contributed by atoms with Crippen molar-refractivity contribution >= 4 is 15.9 Å². The highest BCUT2D eigenvalue weighted by molar-refractivity contribution is 9.10. The van der Waals surface area contributed by atoms with Crippen molar-refractivity contribution in [3.8, 4) is 0 Å². The standard InChI is InChI=1S/C14H21BrN2/c1-11-5-4-9-17(11)10-8-14(16)12-6-2-3-7-13(12)15/h2-3,6-7,11,14H,4-5,8-10,16H2,1H3. The predicted octanol–water partition coefficient (Wildman–Crippen LogP) is 3.32. The number of nitrogens with zero attached hydrogens (tertiary/aromatic N) is 1. The zero-order valence-corrected chi connectivity index (χ0v) is 12.0. The maximum atomic E-state index is 6.26. The zero-order chi connectivity index (χ0) is 12.3. The van der Waals surface area contributed by atoms with Gasteiger partial charge in [-0.15, -0.1) is 0 Å². The van der Waals surface area contributed by atoms with Gasteiger partial charge in [0.25, 0.3) is 0 Å². The third kappa shape index (κ3) is 3.30. The van der Waals surface area contributed by atoms with Crippen molar-refractivity contribution < 1.29 is 0 Å². The molecule has 1 aliphatic heterocycles. The van der Waals surface area contributed by atoms with Crippen molar-refractivity contribution in [1.82, 2.24) is 4.90 Å². The first-order chi connectivity index (χ1) is 8.18. The van der Waals surface area contributed by atoms with Crippen LogP contribution in [0.2, 0.25) is 0 Å². The van der Waals surface area contributed by atoms with E-state index in [0.717, 1.165) is 23.5 Å². The predicted molar refractivity (Wildman–Crippen MR) is 76.0 cm³/mol. The molecule has 0 aliphatic carbocycles. The monoisotopic (exact) mass is 296 g/mol. The molecular weight excluding hydrogens is 276 g/mol. The Morgan fingerprint density at radius 2 is 2.24 bits per heavy atom. The van der Waals surface area contributed by atoms with Crippen LogP contribution in [0.5, 0.6) is 0 Å². The first-order valence-electron chi connectivity index (χ1n) is 6.42. The van der Waals surface area contributed by atoms with Gasteiger partial charge in [0, 0.05) is 23.1 Å². The smallest absolute Gasteiger partial charge is 0.0318 e. The number of hydrogen-bond acceptors (Lipinski definition) is 2. The molecule has 1 aromatic carbocycles. The fourth-order valence-corrected chi connectivity index (χ4v) is 3.14. The third-order valence-corrected chi connectivity index (χ3v) is 4.44. The summed E-state index contributed by atoms with van der Waals surface area (Å²) in [6.45, 7) is 4.67. The highest BCUT2D eigenvalue weighted by Crippen LogP contribution is 2.25. The van der Waals surface area contributed by atoms with Gasteiger partial charge >= 0.3 is 0 Å².